The molecule has 0 aliphatic carbocycles. The van der Waals surface area contributed by atoms with E-state index in [0.29, 0.717) is 11.8 Å². The first-order valence-electron chi connectivity index (χ1n) is 3.46. The van der Waals surface area contributed by atoms with E-state index >= 15 is 0 Å². The number of amidine groups is 1. The molecule has 58 valence electrons. The van der Waals surface area contributed by atoms with Crippen LogP contribution in [0, 0.1) is 5.92 Å². The zero-order chi connectivity index (χ0) is 7.56. The lowest BCUT2D eigenvalue weighted by Gasteiger charge is -2.07. The molecule has 0 radical (unpaired) electrons. The maximum atomic E-state index is 5.54. The molecule has 0 aromatic rings. The van der Waals surface area contributed by atoms with Gasteiger partial charge in [-0.3, -0.25) is 0 Å². The number of likely N-dealkylation sites (tertiary alicyclic amines) is 1. The number of nitrogens with zero attached hydrogens (tertiary/aromatic N) is 2. The summed E-state index contributed by atoms with van der Waals surface area (Å²) >= 11 is 0. The summed E-state index contributed by atoms with van der Waals surface area (Å²) in [6, 6.07) is 0. The largest absolute Gasteiger partial charge is 0.385 e. The van der Waals surface area contributed by atoms with Gasteiger partial charge in [-0.05, 0) is 20.0 Å². The van der Waals surface area contributed by atoms with Crippen LogP contribution in [0.2, 0.25) is 0 Å². The van der Waals surface area contributed by atoms with Crippen molar-refractivity contribution in [2.24, 2.45) is 22.6 Å². The smallest absolute Gasteiger partial charge is 0.123 e. The highest BCUT2D eigenvalue weighted by atomic mass is 15.2. The van der Waals surface area contributed by atoms with E-state index in [9.17, 15) is 0 Å². The fourth-order valence-corrected chi connectivity index (χ4v) is 1.28. The molecule has 0 amide bonds. The van der Waals surface area contributed by atoms with Gasteiger partial charge in [-0.1, -0.05) is 0 Å². The van der Waals surface area contributed by atoms with Crippen molar-refractivity contribution in [3.8, 4) is 0 Å². The standard InChI is InChI=1S/C6H14N4/c1-10-3-2-5(4-10)6(7)9-8/h5H,2-4,8H2,1H3,(H2,7,9). The monoisotopic (exact) mass is 142 g/mol. The van der Waals surface area contributed by atoms with Gasteiger partial charge in [0, 0.05) is 12.5 Å². The maximum absolute atomic E-state index is 5.54. The Bertz CT molecular complexity index is 143. The van der Waals surface area contributed by atoms with E-state index in [0.717, 1.165) is 19.5 Å². The summed E-state index contributed by atoms with van der Waals surface area (Å²) < 4.78 is 0. The summed E-state index contributed by atoms with van der Waals surface area (Å²) in [4.78, 5) is 2.22. The Labute approximate surface area is 60.9 Å². The second-order valence-corrected chi connectivity index (χ2v) is 2.80. The first-order valence-corrected chi connectivity index (χ1v) is 3.46. The van der Waals surface area contributed by atoms with Gasteiger partial charge < -0.3 is 16.5 Å². The summed E-state index contributed by atoms with van der Waals surface area (Å²) in [6.07, 6.45) is 1.09. The Hall–Kier alpha value is -0.770. The Morgan fingerprint density at radius 1 is 1.70 bits per heavy atom. The van der Waals surface area contributed by atoms with Gasteiger partial charge >= 0.3 is 0 Å². The Kier molecular flexibility index (Phi) is 2.11. The van der Waals surface area contributed by atoms with Crippen LogP contribution < -0.4 is 11.6 Å². The van der Waals surface area contributed by atoms with Crippen LogP contribution in [0.5, 0.6) is 0 Å². The van der Waals surface area contributed by atoms with Crippen molar-refractivity contribution in [2.45, 2.75) is 6.42 Å². The maximum Gasteiger partial charge on any atom is 0.123 e. The van der Waals surface area contributed by atoms with Gasteiger partial charge in [-0.25, -0.2) is 0 Å². The van der Waals surface area contributed by atoms with E-state index < -0.39 is 0 Å². The fourth-order valence-electron chi connectivity index (χ4n) is 1.28. The lowest BCUT2D eigenvalue weighted by atomic mass is 10.1. The third-order valence-corrected chi connectivity index (χ3v) is 1.96. The minimum atomic E-state index is 0.384. The first kappa shape index (κ1) is 7.34. The van der Waals surface area contributed by atoms with Crippen LogP contribution in [0.4, 0.5) is 0 Å². The second kappa shape index (κ2) is 2.88. The van der Waals surface area contributed by atoms with Crippen LogP contribution in [0.15, 0.2) is 5.10 Å². The molecule has 1 fully saturated rings. The third kappa shape index (κ3) is 1.39. The van der Waals surface area contributed by atoms with Crippen molar-refractivity contribution in [2.75, 3.05) is 20.1 Å². The predicted molar refractivity (Wildman–Crippen MR) is 41.4 cm³/mol. The average Bonchev–Trinajstić information content (AvgIpc) is 2.34. The van der Waals surface area contributed by atoms with Crippen LogP contribution in [-0.2, 0) is 0 Å². The van der Waals surface area contributed by atoms with Crippen LogP contribution in [0.3, 0.4) is 0 Å². The van der Waals surface area contributed by atoms with E-state index in [4.69, 9.17) is 11.6 Å². The highest BCUT2D eigenvalue weighted by molar-refractivity contribution is 5.82. The van der Waals surface area contributed by atoms with Crippen molar-refractivity contribution >= 4 is 5.84 Å². The lowest BCUT2D eigenvalue weighted by molar-refractivity contribution is 0.410. The molecule has 1 aliphatic rings. The molecule has 4 nitrogen and oxygen atoms in total. The Balaban J connectivity index is 2.45. The number of rotatable bonds is 1. The molecule has 0 aromatic heterocycles. The Morgan fingerprint density at radius 2 is 2.40 bits per heavy atom. The van der Waals surface area contributed by atoms with Gasteiger partial charge in [0.15, 0.2) is 0 Å². The van der Waals surface area contributed by atoms with E-state index in [-0.39, 0.29) is 0 Å². The molecular formula is C6H14N4. The van der Waals surface area contributed by atoms with Crippen LogP contribution in [0.25, 0.3) is 0 Å². The molecule has 0 aromatic carbocycles. The molecular weight excluding hydrogens is 128 g/mol. The number of nitrogens with two attached hydrogens (primary N) is 2. The molecule has 1 saturated heterocycles. The molecule has 1 unspecified atom stereocenters. The zero-order valence-corrected chi connectivity index (χ0v) is 6.25. The molecule has 10 heavy (non-hydrogen) atoms. The minimum Gasteiger partial charge on any atom is -0.385 e. The molecule has 1 rings (SSSR count). The van der Waals surface area contributed by atoms with Gasteiger partial charge in [0.05, 0.1) is 0 Å². The fraction of sp³-hybridized carbons (Fsp3) is 0.833. The average molecular weight is 142 g/mol. The highest BCUT2D eigenvalue weighted by Crippen LogP contribution is 2.13. The molecule has 0 bridgehead atoms. The van der Waals surface area contributed by atoms with Crippen LogP contribution in [0.1, 0.15) is 6.42 Å². The molecule has 4 N–H and O–H groups in total. The first-order chi connectivity index (χ1) is 4.74. The minimum absolute atomic E-state index is 0.384. The summed E-state index contributed by atoms with van der Waals surface area (Å²) in [5, 5.41) is 3.47. The number of hydrogen-bond donors (Lipinski definition) is 2. The van der Waals surface area contributed by atoms with Crippen LogP contribution >= 0.6 is 0 Å². The summed E-state index contributed by atoms with van der Waals surface area (Å²) in [7, 11) is 2.07. The number of hydrogen-bond acceptors (Lipinski definition) is 3. The molecule has 1 atom stereocenters. The van der Waals surface area contributed by atoms with Gasteiger partial charge in [0.1, 0.15) is 5.84 Å². The quantitative estimate of drug-likeness (QED) is 0.217. The molecule has 0 spiro atoms. The topological polar surface area (TPSA) is 67.6 Å². The zero-order valence-electron chi connectivity index (χ0n) is 6.25. The van der Waals surface area contributed by atoms with E-state index in [1.807, 2.05) is 0 Å². The van der Waals surface area contributed by atoms with Crippen molar-refractivity contribution in [1.82, 2.24) is 4.90 Å². The summed E-state index contributed by atoms with van der Waals surface area (Å²) in [6.45, 7) is 2.09. The third-order valence-electron chi connectivity index (χ3n) is 1.96. The van der Waals surface area contributed by atoms with Gasteiger partial charge in [0.25, 0.3) is 0 Å². The normalized spacial score (nSPS) is 29.3. The van der Waals surface area contributed by atoms with E-state index in [1.165, 1.54) is 0 Å². The van der Waals surface area contributed by atoms with Gasteiger partial charge in [-0.15, -0.1) is 0 Å². The molecule has 1 heterocycles. The number of hydrazone groups is 1. The highest BCUT2D eigenvalue weighted by Gasteiger charge is 2.22. The second-order valence-electron chi connectivity index (χ2n) is 2.80. The summed E-state index contributed by atoms with van der Waals surface area (Å²) in [5.74, 6) is 6.01. The van der Waals surface area contributed by atoms with Crippen molar-refractivity contribution in [3.63, 3.8) is 0 Å². The van der Waals surface area contributed by atoms with Crippen LogP contribution in [-0.4, -0.2) is 30.9 Å². The van der Waals surface area contributed by atoms with Gasteiger partial charge in [-0.2, -0.15) is 5.10 Å². The predicted octanol–water partition coefficient (Wildman–Crippen LogP) is -0.831. The van der Waals surface area contributed by atoms with E-state index in [1.54, 1.807) is 0 Å². The lowest BCUT2D eigenvalue weighted by Crippen LogP contribution is -2.27. The molecule has 4 heteroatoms. The SMILES string of the molecule is CN1CCC(/C(N)=N/N)C1. The summed E-state index contributed by atoms with van der Waals surface area (Å²) in [5.41, 5.74) is 5.54. The van der Waals surface area contributed by atoms with E-state index in [2.05, 4.69) is 17.0 Å². The van der Waals surface area contributed by atoms with Gasteiger partial charge in [0.2, 0.25) is 0 Å². The molecule has 0 saturated carbocycles. The van der Waals surface area contributed by atoms with Crippen molar-refractivity contribution in [3.05, 3.63) is 0 Å². The van der Waals surface area contributed by atoms with Crippen molar-refractivity contribution in [1.29, 1.82) is 0 Å². The van der Waals surface area contributed by atoms with Crippen molar-refractivity contribution < 1.29 is 0 Å². The Morgan fingerprint density at radius 3 is 2.80 bits per heavy atom. The molecule has 1 aliphatic heterocycles.